The van der Waals surface area contributed by atoms with Crippen molar-refractivity contribution in [2.45, 2.75) is 31.7 Å². The van der Waals surface area contributed by atoms with Crippen molar-refractivity contribution in [3.8, 4) is 0 Å². The quantitative estimate of drug-likeness (QED) is 0.866. The maximum Gasteiger partial charge on any atom is 0.121 e. The van der Waals surface area contributed by atoms with E-state index in [1.165, 1.54) is 18.4 Å². The summed E-state index contributed by atoms with van der Waals surface area (Å²) in [5, 5.41) is 14.3. The second-order valence-electron chi connectivity index (χ2n) is 4.73. The van der Waals surface area contributed by atoms with Crippen LogP contribution in [0.5, 0.6) is 0 Å². The predicted molar refractivity (Wildman–Crippen MR) is 73.9 cm³/mol. The van der Waals surface area contributed by atoms with E-state index in [4.69, 9.17) is 0 Å². The first-order chi connectivity index (χ1) is 8.90. The van der Waals surface area contributed by atoms with Crippen molar-refractivity contribution in [1.29, 1.82) is 0 Å². The van der Waals surface area contributed by atoms with Gasteiger partial charge in [0.1, 0.15) is 10.0 Å². The number of nitrogens with one attached hydrogen (secondary N) is 1. The Bertz CT molecular complexity index is 491. The number of hydrogen-bond acceptors (Lipinski definition) is 4. The third-order valence-corrected chi connectivity index (χ3v) is 4.04. The smallest absolute Gasteiger partial charge is 0.121 e. The van der Waals surface area contributed by atoms with Crippen molar-refractivity contribution in [3.63, 3.8) is 0 Å². The van der Waals surface area contributed by atoms with Crippen molar-refractivity contribution < 1.29 is 0 Å². The first-order valence-electron chi connectivity index (χ1n) is 6.49. The lowest BCUT2D eigenvalue weighted by molar-refractivity contribution is 0.677. The number of nitrogens with zero attached hydrogens (tertiary/aromatic N) is 2. The van der Waals surface area contributed by atoms with Crippen molar-refractivity contribution in [2.75, 3.05) is 6.54 Å². The van der Waals surface area contributed by atoms with Crippen LogP contribution in [0.1, 0.15) is 28.4 Å². The molecule has 18 heavy (non-hydrogen) atoms. The summed E-state index contributed by atoms with van der Waals surface area (Å²) in [4.78, 5) is 0. The van der Waals surface area contributed by atoms with Gasteiger partial charge in [0, 0.05) is 25.4 Å². The number of rotatable bonds is 6. The summed E-state index contributed by atoms with van der Waals surface area (Å²) in [6.45, 7) is 1.03. The van der Waals surface area contributed by atoms with E-state index in [-0.39, 0.29) is 0 Å². The van der Waals surface area contributed by atoms with Gasteiger partial charge in [-0.15, -0.1) is 21.5 Å². The van der Waals surface area contributed by atoms with E-state index in [0.717, 1.165) is 35.4 Å². The van der Waals surface area contributed by atoms with Gasteiger partial charge in [-0.3, -0.25) is 0 Å². The monoisotopic (exact) mass is 259 g/mol. The molecule has 1 aromatic heterocycles. The number of aromatic nitrogens is 2. The van der Waals surface area contributed by atoms with Crippen LogP contribution >= 0.6 is 11.3 Å². The van der Waals surface area contributed by atoms with E-state index in [0.29, 0.717) is 0 Å². The first kappa shape index (κ1) is 11.8. The standard InChI is InChI=1S/C14H17N3S/c1-2-4-11(5-3-1)10-14-17-16-13(18-14)8-9-15-12-6-7-12/h1-5,12,15H,6-10H2. The minimum atomic E-state index is 0.779. The van der Waals surface area contributed by atoms with E-state index in [1.807, 2.05) is 6.07 Å². The molecule has 3 rings (SSSR count). The molecule has 1 fully saturated rings. The minimum absolute atomic E-state index is 0.779. The summed E-state index contributed by atoms with van der Waals surface area (Å²) in [5.74, 6) is 0. The van der Waals surface area contributed by atoms with Gasteiger partial charge in [0.2, 0.25) is 0 Å². The van der Waals surface area contributed by atoms with Crippen LogP contribution in [0.15, 0.2) is 30.3 Å². The first-order valence-corrected chi connectivity index (χ1v) is 7.30. The summed E-state index contributed by atoms with van der Waals surface area (Å²) in [7, 11) is 0. The Morgan fingerprint density at radius 1 is 1.11 bits per heavy atom. The zero-order valence-electron chi connectivity index (χ0n) is 10.3. The van der Waals surface area contributed by atoms with Crippen molar-refractivity contribution >= 4 is 11.3 Å². The number of hydrogen-bond donors (Lipinski definition) is 1. The molecule has 0 saturated heterocycles. The molecule has 1 aliphatic carbocycles. The fourth-order valence-electron chi connectivity index (χ4n) is 1.90. The zero-order chi connectivity index (χ0) is 12.2. The molecule has 0 aliphatic heterocycles. The summed E-state index contributed by atoms with van der Waals surface area (Å²) >= 11 is 1.74. The van der Waals surface area contributed by atoms with Gasteiger partial charge in [0.25, 0.3) is 0 Å². The van der Waals surface area contributed by atoms with Crippen LogP contribution in [-0.4, -0.2) is 22.8 Å². The average Bonchev–Trinajstić information content (AvgIpc) is 3.11. The van der Waals surface area contributed by atoms with Crippen LogP contribution in [0, 0.1) is 0 Å². The molecule has 0 radical (unpaired) electrons. The lowest BCUT2D eigenvalue weighted by Crippen LogP contribution is -2.19. The van der Waals surface area contributed by atoms with Gasteiger partial charge >= 0.3 is 0 Å². The van der Waals surface area contributed by atoms with E-state index >= 15 is 0 Å². The highest BCUT2D eigenvalue weighted by atomic mass is 32.1. The normalized spacial score (nSPS) is 14.9. The third kappa shape index (κ3) is 3.37. The summed E-state index contributed by atoms with van der Waals surface area (Å²) in [6, 6.07) is 11.2. The molecule has 3 nitrogen and oxygen atoms in total. The molecule has 0 bridgehead atoms. The predicted octanol–water partition coefficient (Wildman–Crippen LogP) is 2.42. The molecule has 0 unspecified atom stereocenters. The Labute approximate surface area is 111 Å². The average molecular weight is 259 g/mol. The van der Waals surface area contributed by atoms with Crippen LogP contribution in [0.4, 0.5) is 0 Å². The van der Waals surface area contributed by atoms with Crippen LogP contribution in [0.25, 0.3) is 0 Å². The molecule has 0 amide bonds. The molecule has 94 valence electrons. The van der Waals surface area contributed by atoms with Crippen LogP contribution in [0.3, 0.4) is 0 Å². The van der Waals surface area contributed by atoms with Gasteiger partial charge < -0.3 is 5.32 Å². The zero-order valence-corrected chi connectivity index (χ0v) is 11.1. The van der Waals surface area contributed by atoms with Crippen LogP contribution < -0.4 is 5.32 Å². The topological polar surface area (TPSA) is 37.8 Å². The molecular formula is C14H17N3S. The van der Waals surface area contributed by atoms with E-state index in [2.05, 4.69) is 39.8 Å². The van der Waals surface area contributed by atoms with E-state index in [9.17, 15) is 0 Å². The number of benzene rings is 1. The molecule has 0 atom stereocenters. The van der Waals surface area contributed by atoms with E-state index in [1.54, 1.807) is 11.3 Å². The lowest BCUT2D eigenvalue weighted by Gasteiger charge is -1.98. The third-order valence-electron chi connectivity index (χ3n) is 3.06. The second kappa shape index (κ2) is 5.59. The van der Waals surface area contributed by atoms with Gasteiger partial charge in [0.05, 0.1) is 0 Å². The molecule has 2 aromatic rings. The molecular weight excluding hydrogens is 242 g/mol. The SMILES string of the molecule is c1ccc(Cc2nnc(CCNC3CC3)s2)cc1. The highest BCUT2D eigenvalue weighted by Crippen LogP contribution is 2.19. The molecule has 1 aromatic carbocycles. The van der Waals surface area contributed by atoms with Gasteiger partial charge in [-0.2, -0.15) is 0 Å². The van der Waals surface area contributed by atoms with Crippen molar-refractivity contribution in [2.24, 2.45) is 0 Å². The lowest BCUT2D eigenvalue weighted by atomic mass is 10.2. The fraction of sp³-hybridized carbons (Fsp3) is 0.429. The Morgan fingerprint density at radius 3 is 2.67 bits per heavy atom. The maximum absolute atomic E-state index is 4.27. The summed E-state index contributed by atoms with van der Waals surface area (Å²) in [5.41, 5.74) is 1.30. The van der Waals surface area contributed by atoms with Crippen LogP contribution in [-0.2, 0) is 12.8 Å². The summed E-state index contributed by atoms with van der Waals surface area (Å²) in [6.07, 6.45) is 4.59. The van der Waals surface area contributed by atoms with E-state index < -0.39 is 0 Å². The molecule has 1 N–H and O–H groups in total. The Morgan fingerprint density at radius 2 is 1.89 bits per heavy atom. The molecule has 1 heterocycles. The van der Waals surface area contributed by atoms with Gasteiger partial charge in [-0.1, -0.05) is 30.3 Å². The van der Waals surface area contributed by atoms with Gasteiger partial charge in [-0.25, -0.2) is 0 Å². The van der Waals surface area contributed by atoms with Crippen LogP contribution in [0.2, 0.25) is 0 Å². The Hall–Kier alpha value is -1.26. The molecule has 1 aliphatic rings. The Kier molecular flexibility index (Phi) is 3.67. The van der Waals surface area contributed by atoms with Crippen molar-refractivity contribution in [1.82, 2.24) is 15.5 Å². The molecule has 1 saturated carbocycles. The Balaban J connectivity index is 1.52. The molecule has 0 spiro atoms. The fourth-order valence-corrected chi connectivity index (χ4v) is 2.78. The largest absolute Gasteiger partial charge is 0.314 e. The highest BCUT2D eigenvalue weighted by molar-refractivity contribution is 7.11. The van der Waals surface area contributed by atoms with Crippen molar-refractivity contribution in [3.05, 3.63) is 45.9 Å². The minimum Gasteiger partial charge on any atom is -0.314 e. The summed E-state index contributed by atoms with van der Waals surface area (Å²) < 4.78 is 0. The maximum atomic E-state index is 4.27. The van der Waals surface area contributed by atoms with Gasteiger partial charge in [0.15, 0.2) is 0 Å². The second-order valence-corrected chi connectivity index (χ2v) is 5.88. The van der Waals surface area contributed by atoms with Gasteiger partial charge in [-0.05, 0) is 18.4 Å². The molecule has 4 heteroatoms. The highest BCUT2D eigenvalue weighted by Gasteiger charge is 2.19.